The number of sulfonamides is 1. The summed E-state index contributed by atoms with van der Waals surface area (Å²) in [5.41, 5.74) is 1.27. The number of rotatable bonds is 9. The van der Waals surface area contributed by atoms with E-state index in [0.717, 1.165) is 18.9 Å². The molecule has 2 aromatic carbocycles. The Morgan fingerprint density at radius 3 is 2.48 bits per heavy atom. The van der Waals surface area contributed by atoms with Gasteiger partial charge in [-0.25, -0.2) is 8.42 Å². The van der Waals surface area contributed by atoms with E-state index in [9.17, 15) is 23.3 Å². The lowest BCUT2D eigenvalue weighted by Gasteiger charge is -2.21. The molecule has 10 heteroatoms. The van der Waals surface area contributed by atoms with Gasteiger partial charge in [-0.2, -0.15) is 4.31 Å². The largest absolute Gasteiger partial charge is 0.468 e. The summed E-state index contributed by atoms with van der Waals surface area (Å²) in [7, 11) is -4.09. The molecule has 1 aliphatic rings. The van der Waals surface area contributed by atoms with E-state index < -0.39 is 14.9 Å². The summed E-state index contributed by atoms with van der Waals surface area (Å²) in [4.78, 5) is 22.8. The second-order valence-corrected chi connectivity index (χ2v) is 9.94. The Bertz CT molecular complexity index is 1270. The number of benzene rings is 2. The highest BCUT2D eigenvalue weighted by atomic mass is 32.2. The molecule has 4 rings (SSSR count). The fraction of sp³-hybridized carbons (Fsp3) is 0.261. The lowest BCUT2D eigenvalue weighted by atomic mass is 10.1. The van der Waals surface area contributed by atoms with Crippen LogP contribution in [0.3, 0.4) is 0 Å². The van der Waals surface area contributed by atoms with Crippen molar-refractivity contribution in [2.45, 2.75) is 43.8 Å². The van der Waals surface area contributed by atoms with E-state index in [1.54, 1.807) is 43.3 Å². The zero-order valence-corrected chi connectivity index (χ0v) is 18.7. The lowest BCUT2D eigenvalue weighted by Crippen LogP contribution is -2.30. The molecule has 1 heterocycles. The maximum absolute atomic E-state index is 13.5. The van der Waals surface area contributed by atoms with Crippen molar-refractivity contribution in [3.8, 4) is 0 Å². The Balaban J connectivity index is 1.61. The maximum Gasteiger partial charge on any atom is 0.273 e. The van der Waals surface area contributed by atoms with Crippen molar-refractivity contribution in [1.82, 2.24) is 9.62 Å². The molecule has 33 heavy (non-hydrogen) atoms. The quantitative estimate of drug-likeness (QED) is 0.376. The first kappa shape index (κ1) is 22.7. The average Bonchev–Trinajstić information content (AvgIpc) is 3.45. The molecular weight excluding hydrogens is 446 g/mol. The van der Waals surface area contributed by atoms with Crippen LogP contribution in [0.1, 0.15) is 40.1 Å². The zero-order chi connectivity index (χ0) is 23.6. The van der Waals surface area contributed by atoms with Crippen LogP contribution in [0.2, 0.25) is 0 Å². The van der Waals surface area contributed by atoms with Crippen molar-refractivity contribution >= 4 is 21.6 Å². The van der Waals surface area contributed by atoms with E-state index in [4.69, 9.17) is 4.42 Å². The van der Waals surface area contributed by atoms with Gasteiger partial charge in [0.2, 0.25) is 10.0 Å². The number of nitrogens with zero attached hydrogens (tertiary/aromatic N) is 2. The molecule has 0 radical (unpaired) electrons. The molecule has 0 bridgehead atoms. The van der Waals surface area contributed by atoms with E-state index in [0.29, 0.717) is 22.5 Å². The molecular formula is C23H23N3O6S. The monoisotopic (exact) mass is 469 g/mol. The van der Waals surface area contributed by atoms with Gasteiger partial charge in [0.05, 0.1) is 22.6 Å². The molecule has 1 aromatic heterocycles. The molecule has 1 aliphatic carbocycles. The first-order valence-corrected chi connectivity index (χ1v) is 11.9. The second kappa shape index (κ2) is 9.16. The Hall–Kier alpha value is -3.50. The third-order valence-corrected chi connectivity index (χ3v) is 7.20. The maximum atomic E-state index is 13.5. The van der Waals surface area contributed by atoms with Crippen LogP contribution in [0.15, 0.2) is 70.2 Å². The molecule has 172 valence electrons. The highest BCUT2D eigenvalue weighted by molar-refractivity contribution is 7.89. The molecule has 1 saturated carbocycles. The third-order valence-electron chi connectivity index (χ3n) is 5.41. The number of hydrogen-bond acceptors (Lipinski definition) is 6. The van der Waals surface area contributed by atoms with E-state index in [1.165, 1.54) is 22.7 Å². The van der Waals surface area contributed by atoms with Gasteiger partial charge in [-0.1, -0.05) is 18.2 Å². The van der Waals surface area contributed by atoms with Crippen LogP contribution in [0.5, 0.6) is 0 Å². The van der Waals surface area contributed by atoms with Gasteiger partial charge in [-0.05, 0) is 55.7 Å². The minimum Gasteiger partial charge on any atom is -0.468 e. The third kappa shape index (κ3) is 5.29. The number of aryl methyl sites for hydroxylation is 1. The van der Waals surface area contributed by atoms with Crippen LogP contribution < -0.4 is 5.32 Å². The Morgan fingerprint density at radius 1 is 1.15 bits per heavy atom. The van der Waals surface area contributed by atoms with Crippen molar-refractivity contribution in [2.24, 2.45) is 0 Å². The van der Waals surface area contributed by atoms with E-state index >= 15 is 0 Å². The van der Waals surface area contributed by atoms with Gasteiger partial charge in [0, 0.05) is 29.8 Å². The van der Waals surface area contributed by atoms with Crippen LogP contribution in [0, 0.1) is 17.0 Å². The van der Waals surface area contributed by atoms with Crippen LogP contribution in [-0.2, 0) is 23.1 Å². The van der Waals surface area contributed by atoms with Gasteiger partial charge in [-0.15, -0.1) is 0 Å². The van der Waals surface area contributed by atoms with Crippen molar-refractivity contribution in [3.05, 3.63) is 93.4 Å². The average molecular weight is 470 g/mol. The fourth-order valence-corrected chi connectivity index (χ4v) is 4.77. The minimum atomic E-state index is -4.09. The first-order valence-electron chi connectivity index (χ1n) is 10.4. The molecule has 1 fully saturated rings. The smallest absolute Gasteiger partial charge is 0.273 e. The lowest BCUT2D eigenvalue weighted by molar-refractivity contribution is -0.385. The van der Waals surface area contributed by atoms with Crippen molar-refractivity contribution in [3.63, 3.8) is 0 Å². The number of carbonyl (C=O) groups excluding carboxylic acids is 1. The zero-order valence-electron chi connectivity index (χ0n) is 17.9. The van der Waals surface area contributed by atoms with E-state index in [2.05, 4.69) is 5.32 Å². The topological polar surface area (TPSA) is 123 Å². The first-order chi connectivity index (χ1) is 15.7. The standard InChI is InChI=1S/C23H23N3O6S/c1-16-4-11-21(13-22(16)26(28)29)33(30,31)25(15-20-3-2-12-32-20)14-17-5-7-18(8-6-17)23(27)24-19-9-10-19/h2-8,11-13,19H,9-10,14-15H2,1H3,(H,24,27). The van der Waals surface area contributed by atoms with E-state index in [-0.39, 0.29) is 35.6 Å². The van der Waals surface area contributed by atoms with Gasteiger partial charge in [0.15, 0.2) is 0 Å². The summed E-state index contributed by atoms with van der Waals surface area (Å²) < 4.78 is 33.4. The van der Waals surface area contributed by atoms with Gasteiger partial charge in [0.25, 0.3) is 11.6 Å². The second-order valence-electron chi connectivity index (χ2n) is 8.00. The predicted octanol–water partition coefficient (Wildman–Crippen LogP) is 3.78. The molecule has 0 unspecified atom stereocenters. The summed E-state index contributed by atoms with van der Waals surface area (Å²) in [5.74, 6) is 0.275. The van der Waals surface area contributed by atoms with Crippen LogP contribution in [-0.4, -0.2) is 29.6 Å². The number of furan rings is 1. The highest BCUT2D eigenvalue weighted by Crippen LogP contribution is 2.27. The molecule has 9 nitrogen and oxygen atoms in total. The van der Waals surface area contributed by atoms with Crippen molar-refractivity contribution in [1.29, 1.82) is 0 Å². The molecule has 1 amide bonds. The summed E-state index contributed by atoms with van der Waals surface area (Å²) in [6.45, 7) is 1.49. The summed E-state index contributed by atoms with van der Waals surface area (Å²) >= 11 is 0. The van der Waals surface area contributed by atoms with Gasteiger partial charge in [0.1, 0.15) is 5.76 Å². The van der Waals surface area contributed by atoms with Gasteiger partial charge in [-0.3, -0.25) is 14.9 Å². The Kier molecular flexibility index (Phi) is 6.30. The number of carbonyl (C=O) groups is 1. The summed E-state index contributed by atoms with van der Waals surface area (Å²) in [6, 6.07) is 14.1. The molecule has 0 aliphatic heterocycles. The summed E-state index contributed by atoms with van der Waals surface area (Å²) in [6.07, 6.45) is 3.42. The van der Waals surface area contributed by atoms with Crippen LogP contribution in [0.4, 0.5) is 5.69 Å². The van der Waals surface area contributed by atoms with E-state index in [1.807, 2.05) is 0 Å². The Morgan fingerprint density at radius 2 is 1.88 bits per heavy atom. The fourth-order valence-electron chi connectivity index (χ4n) is 3.36. The number of amides is 1. The predicted molar refractivity (Wildman–Crippen MR) is 120 cm³/mol. The number of nitro groups is 1. The molecule has 3 aromatic rings. The number of nitrogens with one attached hydrogen (secondary N) is 1. The van der Waals surface area contributed by atoms with Crippen LogP contribution >= 0.6 is 0 Å². The van der Waals surface area contributed by atoms with Crippen molar-refractivity contribution < 1.29 is 22.6 Å². The molecule has 1 N–H and O–H groups in total. The highest BCUT2D eigenvalue weighted by Gasteiger charge is 2.28. The molecule has 0 saturated heterocycles. The van der Waals surface area contributed by atoms with Crippen LogP contribution in [0.25, 0.3) is 0 Å². The minimum absolute atomic E-state index is 0.00473. The Labute approximate surface area is 191 Å². The van der Waals surface area contributed by atoms with Gasteiger partial charge >= 0.3 is 0 Å². The summed E-state index contributed by atoms with van der Waals surface area (Å²) in [5, 5.41) is 14.2. The molecule has 0 spiro atoms. The molecule has 0 atom stereocenters. The number of nitro benzene ring substituents is 1. The number of hydrogen-bond donors (Lipinski definition) is 1. The SMILES string of the molecule is Cc1ccc(S(=O)(=O)N(Cc2ccc(C(=O)NC3CC3)cc2)Cc2ccco2)cc1[N+](=O)[O-]. The normalized spacial score (nSPS) is 13.8. The van der Waals surface area contributed by atoms with Crippen molar-refractivity contribution in [2.75, 3.05) is 0 Å². The van der Waals surface area contributed by atoms with Gasteiger partial charge < -0.3 is 9.73 Å².